The normalized spacial score (nSPS) is 18.9. The molecule has 4 N–H and O–H groups in total. The number of H-pyrrole nitrogens is 1. The minimum Gasteiger partial charge on any atom is -0.365 e. The zero-order valence-electron chi connectivity index (χ0n) is 16.3. The molecule has 1 saturated heterocycles. The first-order valence-electron chi connectivity index (χ1n) is 9.60. The molecule has 30 heavy (non-hydrogen) atoms. The summed E-state index contributed by atoms with van der Waals surface area (Å²) in [5.74, 6) is -2.09. The van der Waals surface area contributed by atoms with Crippen LogP contribution in [0.5, 0.6) is 0 Å². The van der Waals surface area contributed by atoms with Gasteiger partial charge in [0.25, 0.3) is 5.91 Å². The van der Waals surface area contributed by atoms with Gasteiger partial charge in [0, 0.05) is 24.3 Å². The monoisotopic (exact) mass is 407 g/mol. The first-order valence-corrected chi connectivity index (χ1v) is 9.60. The van der Waals surface area contributed by atoms with Crippen LogP contribution in [0.3, 0.4) is 0 Å². The molecule has 0 bridgehead atoms. The number of hydrogen-bond donors (Lipinski definition) is 3. The van der Waals surface area contributed by atoms with Crippen LogP contribution >= 0.6 is 0 Å². The van der Waals surface area contributed by atoms with E-state index >= 15 is 0 Å². The number of nitrogens with one attached hydrogen (secondary N) is 2. The number of aromatic nitrogens is 4. The van der Waals surface area contributed by atoms with Gasteiger partial charge >= 0.3 is 11.8 Å². The van der Waals surface area contributed by atoms with Crippen LogP contribution in [0.15, 0.2) is 36.8 Å². The molecule has 0 saturated carbocycles. The molecule has 10 nitrogen and oxygen atoms in total. The van der Waals surface area contributed by atoms with Gasteiger partial charge in [-0.2, -0.15) is 5.10 Å². The predicted octanol–water partition coefficient (Wildman–Crippen LogP) is 1.39. The van der Waals surface area contributed by atoms with E-state index in [2.05, 4.69) is 25.5 Å². The number of amides is 3. The molecular formula is C20H21N7O3. The number of fused-ring (bicyclic) bond motifs is 1. The highest BCUT2D eigenvalue weighted by molar-refractivity contribution is 6.39. The van der Waals surface area contributed by atoms with Gasteiger partial charge in [-0.05, 0) is 42.5 Å². The summed E-state index contributed by atoms with van der Waals surface area (Å²) in [5.41, 5.74) is 6.86. The van der Waals surface area contributed by atoms with Crippen LogP contribution in [-0.4, -0.2) is 49.3 Å². The van der Waals surface area contributed by atoms with Crippen LogP contribution in [0.1, 0.15) is 41.7 Å². The zero-order chi connectivity index (χ0) is 21.3. The topological polar surface area (TPSA) is 147 Å². The fraction of sp³-hybridized carbons (Fsp3) is 0.300. The SMILES string of the molecule is C[C@H]1CC[C@H](c2cnc3[nH]ncc3c2)N(C(=O)C(=O)Nc2ncccc2C(N)=O)C1. The van der Waals surface area contributed by atoms with Crippen LogP contribution in [0, 0.1) is 5.92 Å². The molecule has 0 spiro atoms. The second kappa shape index (κ2) is 7.90. The summed E-state index contributed by atoms with van der Waals surface area (Å²) in [6.45, 7) is 2.47. The second-order valence-electron chi connectivity index (χ2n) is 7.45. The van der Waals surface area contributed by atoms with E-state index in [1.165, 1.54) is 18.3 Å². The number of anilines is 1. The van der Waals surface area contributed by atoms with Crippen LogP contribution < -0.4 is 11.1 Å². The van der Waals surface area contributed by atoms with Gasteiger partial charge in [0.05, 0.1) is 17.8 Å². The van der Waals surface area contributed by atoms with Crippen LogP contribution in [0.25, 0.3) is 11.0 Å². The van der Waals surface area contributed by atoms with E-state index in [1.54, 1.807) is 17.3 Å². The van der Waals surface area contributed by atoms with Gasteiger partial charge in [0.15, 0.2) is 5.65 Å². The Labute approximate surface area is 171 Å². The number of carbonyl (C=O) groups is 3. The molecular weight excluding hydrogens is 386 g/mol. The van der Waals surface area contributed by atoms with Crippen molar-refractivity contribution in [3.05, 3.63) is 47.9 Å². The van der Waals surface area contributed by atoms with Crippen molar-refractivity contribution in [1.82, 2.24) is 25.1 Å². The summed E-state index contributed by atoms with van der Waals surface area (Å²) < 4.78 is 0. The largest absolute Gasteiger partial charge is 0.365 e. The lowest BCUT2D eigenvalue weighted by molar-refractivity contribution is -0.146. The number of nitrogens with zero attached hydrogens (tertiary/aromatic N) is 4. The van der Waals surface area contributed by atoms with Gasteiger partial charge in [0.1, 0.15) is 5.82 Å². The second-order valence-corrected chi connectivity index (χ2v) is 7.45. The Morgan fingerprint density at radius 3 is 2.87 bits per heavy atom. The third-order valence-electron chi connectivity index (χ3n) is 5.27. The van der Waals surface area contributed by atoms with E-state index in [0.717, 1.165) is 17.4 Å². The van der Waals surface area contributed by atoms with Gasteiger partial charge in [-0.3, -0.25) is 19.5 Å². The number of rotatable bonds is 3. The number of carbonyl (C=O) groups excluding carboxylic acids is 3. The third-order valence-corrected chi connectivity index (χ3v) is 5.27. The Hall–Kier alpha value is -3.82. The molecule has 0 unspecified atom stereocenters. The Morgan fingerprint density at radius 2 is 2.07 bits per heavy atom. The fourth-order valence-electron chi connectivity index (χ4n) is 3.75. The third kappa shape index (κ3) is 3.71. The molecule has 3 aromatic heterocycles. The highest BCUT2D eigenvalue weighted by atomic mass is 16.2. The first kappa shape index (κ1) is 19.5. The van der Waals surface area contributed by atoms with E-state index < -0.39 is 17.7 Å². The zero-order valence-corrected chi connectivity index (χ0v) is 16.3. The molecule has 1 fully saturated rings. The molecule has 10 heteroatoms. The summed E-state index contributed by atoms with van der Waals surface area (Å²) in [7, 11) is 0. The van der Waals surface area contributed by atoms with Crippen molar-refractivity contribution in [2.45, 2.75) is 25.8 Å². The summed E-state index contributed by atoms with van der Waals surface area (Å²) in [6, 6.07) is 4.60. The number of hydrogen-bond acceptors (Lipinski definition) is 6. The van der Waals surface area contributed by atoms with E-state index in [4.69, 9.17) is 5.73 Å². The minimum atomic E-state index is -0.868. The molecule has 0 radical (unpaired) electrons. The van der Waals surface area contributed by atoms with Gasteiger partial charge < -0.3 is 16.0 Å². The average molecular weight is 407 g/mol. The number of piperidine rings is 1. The first-order chi connectivity index (χ1) is 14.4. The van der Waals surface area contributed by atoms with Gasteiger partial charge in [-0.25, -0.2) is 9.97 Å². The molecule has 0 aliphatic carbocycles. The number of pyridine rings is 2. The summed E-state index contributed by atoms with van der Waals surface area (Å²) >= 11 is 0. The molecule has 3 amide bonds. The maximum absolute atomic E-state index is 13.1. The molecule has 4 rings (SSSR count). The average Bonchev–Trinajstić information content (AvgIpc) is 3.21. The summed E-state index contributed by atoms with van der Waals surface area (Å²) in [6.07, 6.45) is 6.41. The minimum absolute atomic E-state index is 0.0357. The highest BCUT2D eigenvalue weighted by Gasteiger charge is 2.35. The molecule has 154 valence electrons. The van der Waals surface area contributed by atoms with Crippen molar-refractivity contribution in [3.8, 4) is 0 Å². The summed E-state index contributed by atoms with van der Waals surface area (Å²) in [4.78, 5) is 47.2. The predicted molar refractivity (Wildman–Crippen MR) is 108 cm³/mol. The van der Waals surface area contributed by atoms with E-state index in [0.29, 0.717) is 18.6 Å². The van der Waals surface area contributed by atoms with Gasteiger partial charge in [-0.1, -0.05) is 6.92 Å². The lowest BCUT2D eigenvalue weighted by atomic mass is 9.90. The fourth-order valence-corrected chi connectivity index (χ4v) is 3.75. The maximum atomic E-state index is 13.1. The van der Waals surface area contributed by atoms with Crippen molar-refractivity contribution >= 4 is 34.6 Å². The molecule has 1 aliphatic heterocycles. The van der Waals surface area contributed by atoms with Crippen molar-refractivity contribution in [3.63, 3.8) is 0 Å². The smallest absolute Gasteiger partial charge is 0.315 e. The lowest BCUT2D eigenvalue weighted by Gasteiger charge is -2.38. The van der Waals surface area contributed by atoms with Crippen molar-refractivity contribution in [2.24, 2.45) is 11.7 Å². The van der Waals surface area contributed by atoms with E-state index in [-0.39, 0.29) is 23.3 Å². The van der Waals surface area contributed by atoms with Gasteiger partial charge in [0.2, 0.25) is 0 Å². The maximum Gasteiger partial charge on any atom is 0.315 e. The van der Waals surface area contributed by atoms with Crippen LogP contribution in [-0.2, 0) is 9.59 Å². The lowest BCUT2D eigenvalue weighted by Crippen LogP contribution is -2.46. The molecule has 0 aromatic carbocycles. The molecule has 4 heterocycles. The Morgan fingerprint density at radius 1 is 1.23 bits per heavy atom. The van der Waals surface area contributed by atoms with Crippen molar-refractivity contribution in [2.75, 3.05) is 11.9 Å². The van der Waals surface area contributed by atoms with Crippen molar-refractivity contribution < 1.29 is 14.4 Å². The number of nitrogens with two attached hydrogens (primary N) is 1. The number of primary amides is 1. The van der Waals surface area contributed by atoms with Crippen LogP contribution in [0.2, 0.25) is 0 Å². The number of likely N-dealkylation sites (tertiary alicyclic amines) is 1. The molecule has 3 aromatic rings. The van der Waals surface area contributed by atoms with Gasteiger partial charge in [-0.15, -0.1) is 0 Å². The highest BCUT2D eigenvalue weighted by Crippen LogP contribution is 2.34. The van der Waals surface area contributed by atoms with Crippen molar-refractivity contribution in [1.29, 1.82) is 0 Å². The van der Waals surface area contributed by atoms with Crippen LogP contribution in [0.4, 0.5) is 5.82 Å². The van der Waals surface area contributed by atoms with E-state index in [1.807, 2.05) is 13.0 Å². The Balaban J connectivity index is 1.59. The summed E-state index contributed by atoms with van der Waals surface area (Å²) in [5, 5.41) is 10.0. The number of aromatic amines is 1. The van der Waals surface area contributed by atoms with E-state index in [9.17, 15) is 14.4 Å². The Bertz CT molecular complexity index is 1130. The Kier molecular flexibility index (Phi) is 5.13. The quantitative estimate of drug-likeness (QED) is 0.559. The standard InChI is InChI=1S/C20H21N7O3/c1-11-4-5-15(12-7-13-9-24-26-17(13)23-8-12)27(10-11)20(30)19(29)25-18-14(16(21)28)3-2-6-22-18/h2-3,6-9,11,15H,4-5,10H2,1H3,(H2,21,28)(H,22,25,29)(H,23,24,26)/t11-,15+/m0/s1. The molecule has 1 aliphatic rings. The molecule has 2 atom stereocenters.